The molecule has 0 unspecified atom stereocenters. The molecular formula is C17H22N4. The number of anilines is 1. The Morgan fingerprint density at radius 1 is 1.14 bits per heavy atom. The Balaban J connectivity index is 1.73. The van der Waals surface area contributed by atoms with Crippen LogP contribution in [0, 0.1) is 6.92 Å². The van der Waals surface area contributed by atoms with Gasteiger partial charge in [-0.25, -0.2) is 9.97 Å². The van der Waals surface area contributed by atoms with E-state index in [1.165, 1.54) is 16.7 Å². The monoisotopic (exact) mass is 282 g/mol. The first-order valence-corrected chi connectivity index (χ1v) is 7.52. The van der Waals surface area contributed by atoms with Crippen LogP contribution in [0.1, 0.15) is 47.8 Å². The molecule has 0 saturated carbocycles. The van der Waals surface area contributed by atoms with Gasteiger partial charge in [0.05, 0.1) is 0 Å². The van der Waals surface area contributed by atoms with Gasteiger partial charge < -0.3 is 10.6 Å². The summed E-state index contributed by atoms with van der Waals surface area (Å²) in [5, 5.41) is 6.72. The van der Waals surface area contributed by atoms with E-state index in [9.17, 15) is 0 Å². The maximum Gasteiger partial charge on any atom is 0.223 e. The summed E-state index contributed by atoms with van der Waals surface area (Å²) in [6, 6.07) is 8.71. The molecule has 0 bridgehead atoms. The van der Waals surface area contributed by atoms with E-state index in [-0.39, 0.29) is 0 Å². The van der Waals surface area contributed by atoms with Gasteiger partial charge in [0, 0.05) is 31.0 Å². The zero-order valence-electron chi connectivity index (χ0n) is 12.9. The Hall–Kier alpha value is -1.94. The van der Waals surface area contributed by atoms with Gasteiger partial charge in [0.25, 0.3) is 0 Å². The summed E-state index contributed by atoms with van der Waals surface area (Å²) in [7, 11) is 0. The van der Waals surface area contributed by atoms with Gasteiger partial charge in [0.1, 0.15) is 0 Å². The number of hydrogen-bond donors (Lipinski definition) is 2. The minimum atomic E-state index is 0.415. The van der Waals surface area contributed by atoms with Crippen LogP contribution >= 0.6 is 0 Å². The SMILES string of the molecule is Cc1cc(C(C)C)nc(NCc2ccc3c(c2)CNC3)n1. The molecule has 1 aromatic heterocycles. The molecule has 4 nitrogen and oxygen atoms in total. The molecule has 1 aromatic carbocycles. The quantitative estimate of drug-likeness (QED) is 0.904. The minimum Gasteiger partial charge on any atom is -0.350 e. The lowest BCUT2D eigenvalue weighted by atomic mass is 10.1. The number of aryl methyl sites for hydroxylation is 1. The van der Waals surface area contributed by atoms with E-state index in [0.29, 0.717) is 5.92 Å². The number of fused-ring (bicyclic) bond motifs is 1. The van der Waals surface area contributed by atoms with Crippen molar-refractivity contribution >= 4 is 5.95 Å². The number of nitrogens with zero attached hydrogens (tertiary/aromatic N) is 2. The average molecular weight is 282 g/mol. The number of hydrogen-bond acceptors (Lipinski definition) is 4. The summed E-state index contributed by atoms with van der Waals surface area (Å²) in [4.78, 5) is 9.06. The first-order valence-electron chi connectivity index (χ1n) is 7.52. The largest absolute Gasteiger partial charge is 0.350 e. The van der Waals surface area contributed by atoms with Crippen LogP contribution < -0.4 is 10.6 Å². The lowest BCUT2D eigenvalue weighted by Crippen LogP contribution is -2.07. The average Bonchev–Trinajstić information content (AvgIpc) is 2.92. The molecule has 0 fully saturated rings. The predicted octanol–water partition coefficient (Wildman–Crippen LogP) is 3.12. The lowest BCUT2D eigenvalue weighted by molar-refractivity contribution is 0.764. The predicted molar refractivity (Wildman–Crippen MR) is 85.2 cm³/mol. The number of benzene rings is 1. The summed E-state index contributed by atoms with van der Waals surface area (Å²) in [5.74, 6) is 1.13. The molecule has 0 spiro atoms. The highest BCUT2D eigenvalue weighted by atomic mass is 15.1. The van der Waals surface area contributed by atoms with Crippen LogP contribution in [0.4, 0.5) is 5.95 Å². The summed E-state index contributed by atoms with van der Waals surface area (Å²) < 4.78 is 0. The molecule has 0 saturated heterocycles. The summed E-state index contributed by atoms with van der Waals surface area (Å²) in [6.45, 7) is 9.04. The van der Waals surface area contributed by atoms with Gasteiger partial charge in [0.2, 0.25) is 5.95 Å². The van der Waals surface area contributed by atoms with Gasteiger partial charge in [-0.15, -0.1) is 0 Å². The molecule has 4 heteroatoms. The fourth-order valence-electron chi connectivity index (χ4n) is 2.61. The highest BCUT2D eigenvalue weighted by Gasteiger charge is 2.10. The zero-order valence-corrected chi connectivity index (χ0v) is 12.9. The Morgan fingerprint density at radius 3 is 2.76 bits per heavy atom. The second-order valence-corrected chi connectivity index (χ2v) is 5.97. The fourth-order valence-corrected chi connectivity index (χ4v) is 2.61. The van der Waals surface area contributed by atoms with Crippen LogP contribution in [0.25, 0.3) is 0 Å². The molecule has 0 atom stereocenters. The topological polar surface area (TPSA) is 49.8 Å². The van der Waals surface area contributed by atoms with Crippen LogP contribution in [0.15, 0.2) is 24.3 Å². The van der Waals surface area contributed by atoms with Gasteiger partial charge in [-0.05, 0) is 35.6 Å². The third-order valence-corrected chi connectivity index (χ3v) is 3.82. The number of aromatic nitrogens is 2. The smallest absolute Gasteiger partial charge is 0.223 e. The van der Waals surface area contributed by atoms with Crippen molar-refractivity contribution in [1.82, 2.24) is 15.3 Å². The number of nitrogens with one attached hydrogen (secondary N) is 2. The van der Waals surface area contributed by atoms with E-state index < -0.39 is 0 Å². The third-order valence-electron chi connectivity index (χ3n) is 3.82. The van der Waals surface area contributed by atoms with Crippen molar-refractivity contribution in [3.63, 3.8) is 0 Å². The molecule has 1 aliphatic rings. The minimum absolute atomic E-state index is 0.415. The van der Waals surface area contributed by atoms with Crippen molar-refractivity contribution in [2.45, 2.75) is 46.3 Å². The Labute approximate surface area is 126 Å². The van der Waals surface area contributed by atoms with E-state index in [1.54, 1.807) is 0 Å². The van der Waals surface area contributed by atoms with Crippen molar-refractivity contribution in [3.05, 3.63) is 52.3 Å². The molecule has 0 amide bonds. The maximum absolute atomic E-state index is 4.59. The Bertz CT molecular complexity index is 649. The van der Waals surface area contributed by atoms with Gasteiger partial charge in [0.15, 0.2) is 0 Å². The van der Waals surface area contributed by atoms with Gasteiger partial charge in [-0.1, -0.05) is 32.0 Å². The van der Waals surface area contributed by atoms with Crippen LogP contribution in [0.2, 0.25) is 0 Å². The van der Waals surface area contributed by atoms with Crippen molar-refractivity contribution < 1.29 is 0 Å². The van der Waals surface area contributed by atoms with Gasteiger partial charge >= 0.3 is 0 Å². The zero-order chi connectivity index (χ0) is 14.8. The normalized spacial score (nSPS) is 13.5. The first kappa shape index (κ1) is 14.0. The highest BCUT2D eigenvalue weighted by molar-refractivity contribution is 5.37. The standard InChI is InChI=1S/C17H22N4/c1-11(2)16-6-12(3)20-17(21-16)19-8-13-4-5-14-9-18-10-15(14)7-13/h4-7,11,18H,8-10H2,1-3H3,(H,19,20,21). The molecule has 1 aliphatic heterocycles. The van der Waals surface area contributed by atoms with E-state index in [4.69, 9.17) is 0 Å². The number of rotatable bonds is 4. The molecule has 110 valence electrons. The third kappa shape index (κ3) is 3.22. The molecular weight excluding hydrogens is 260 g/mol. The van der Waals surface area contributed by atoms with Crippen molar-refractivity contribution in [3.8, 4) is 0 Å². The summed E-state index contributed by atoms with van der Waals surface area (Å²) >= 11 is 0. The van der Waals surface area contributed by atoms with Crippen LogP contribution in [0.5, 0.6) is 0 Å². The molecule has 0 aliphatic carbocycles. The van der Waals surface area contributed by atoms with Crippen LogP contribution in [-0.2, 0) is 19.6 Å². The van der Waals surface area contributed by atoms with Gasteiger partial charge in [-0.2, -0.15) is 0 Å². The maximum atomic E-state index is 4.59. The molecule has 2 aromatic rings. The summed E-state index contributed by atoms with van der Waals surface area (Å²) in [6.07, 6.45) is 0. The highest BCUT2D eigenvalue weighted by Crippen LogP contribution is 2.18. The van der Waals surface area contributed by atoms with Crippen molar-refractivity contribution in [2.75, 3.05) is 5.32 Å². The first-order chi connectivity index (χ1) is 10.1. The Kier molecular flexibility index (Phi) is 3.88. The van der Waals surface area contributed by atoms with E-state index in [1.807, 2.05) is 6.92 Å². The Morgan fingerprint density at radius 2 is 1.95 bits per heavy atom. The van der Waals surface area contributed by atoms with E-state index in [2.05, 4.69) is 58.7 Å². The summed E-state index contributed by atoms with van der Waals surface area (Å²) in [5.41, 5.74) is 6.18. The molecule has 21 heavy (non-hydrogen) atoms. The van der Waals surface area contributed by atoms with E-state index >= 15 is 0 Å². The molecule has 3 rings (SSSR count). The van der Waals surface area contributed by atoms with Crippen molar-refractivity contribution in [1.29, 1.82) is 0 Å². The molecule has 2 N–H and O–H groups in total. The van der Waals surface area contributed by atoms with Crippen LogP contribution in [-0.4, -0.2) is 9.97 Å². The van der Waals surface area contributed by atoms with Crippen LogP contribution in [0.3, 0.4) is 0 Å². The second kappa shape index (κ2) is 5.82. The molecule has 2 heterocycles. The fraction of sp³-hybridized carbons (Fsp3) is 0.412. The molecule has 0 radical (unpaired) electrons. The van der Waals surface area contributed by atoms with Crippen molar-refractivity contribution in [2.24, 2.45) is 0 Å². The van der Waals surface area contributed by atoms with E-state index in [0.717, 1.165) is 37.0 Å². The second-order valence-electron chi connectivity index (χ2n) is 5.97. The lowest BCUT2D eigenvalue weighted by Gasteiger charge is -2.10. The van der Waals surface area contributed by atoms with Gasteiger partial charge in [-0.3, -0.25) is 0 Å².